The van der Waals surface area contributed by atoms with Crippen molar-refractivity contribution in [1.82, 2.24) is 10.2 Å². The standard InChI is InChI=1S/C15H22N2O3S/c1-17(15(20)13-7-4-8-21-13)10-14(19)16-9-12(18)11-5-2-3-6-11/h4,7-8,11-12,18H,2-3,5-6,9-10H2,1H3,(H,16,19). The lowest BCUT2D eigenvalue weighted by Gasteiger charge is -2.20. The Bertz CT molecular complexity index is 469. The number of nitrogens with one attached hydrogen (secondary N) is 1. The quantitative estimate of drug-likeness (QED) is 0.836. The molecular formula is C15H22N2O3S. The molecule has 1 aliphatic rings. The molecule has 6 heteroatoms. The number of hydrogen-bond acceptors (Lipinski definition) is 4. The number of aliphatic hydroxyl groups excluding tert-OH is 1. The largest absolute Gasteiger partial charge is 0.391 e. The Morgan fingerprint density at radius 2 is 2.19 bits per heavy atom. The fraction of sp³-hybridized carbons (Fsp3) is 0.600. The Kier molecular flexibility index (Phi) is 5.76. The van der Waals surface area contributed by atoms with Gasteiger partial charge in [-0.1, -0.05) is 18.9 Å². The van der Waals surface area contributed by atoms with E-state index in [0.717, 1.165) is 25.7 Å². The normalized spacial score (nSPS) is 16.7. The van der Waals surface area contributed by atoms with E-state index in [2.05, 4.69) is 5.32 Å². The van der Waals surface area contributed by atoms with Gasteiger partial charge in [0.2, 0.25) is 5.91 Å². The summed E-state index contributed by atoms with van der Waals surface area (Å²) in [5, 5.41) is 14.5. The van der Waals surface area contributed by atoms with Gasteiger partial charge in [0.15, 0.2) is 0 Å². The number of hydrogen-bond donors (Lipinski definition) is 2. The van der Waals surface area contributed by atoms with Crippen LogP contribution in [0.15, 0.2) is 17.5 Å². The molecule has 1 fully saturated rings. The van der Waals surface area contributed by atoms with E-state index in [4.69, 9.17) is 0 Å². The van der Waals surface area contributed by atoms with Crippen molar-refractivity contribution in [1.29, 1.82) is 0 Å². The van der Waals surface area contributed by atoms with Crippen LogP contribution in [-0.2, 0) is 4.79 Å². The summed E-state index contributed by atoms with van der Waals surface area (Å²) in [5.41, 5.74) is 0. The van der Waals surface area contributed by atoms with Crippen LogP contribution in [0.5, 0.6) is 0 Å². The lowest BCUT2D eigenvalue weighted by atomic mass is 10.0. The summed E-state index contributed by atoms with van der Waals surface area (Å²) in [5.74, 6) is -0.0910. The molecule has 0 radical (unpaired) electrons. The van der Waals surface area contributed by atoms with E-state index in [-0.39, 0.29) is 24.9 Å². The SMILES string of the molecule is CN(CC(=O)NCC(O)C1CCCC1)C(=O)c1cccs1. The first-order valence-electron chi connectivity index (χ1n) is 7.31. The Balaban J connectivity index is 1.72. The molecule has 2 amide bonds. The monoisotopic (exact) mass is 310 g/mol. The lowest BCUT2D eigenvalue weighted by molar-refractivity contribution is -0.122. The maximum absolute atomic E-state index is 12.0. The van der Waals surface area contributed by atoms with Crippen LogP contribution >= 0.6 is 11.3 Å². The highest BCUT2D eigenvalue weighted by Crippen LogP contribution is 2.27. The molecule has 116 valence electrons. The summed E-state index contributed by atoms with van der Waals surface area (Å²) < 4.78 is 0. The third-order valence-electron chi connectivity index (χ3n) is 3.91. The molecule has 1 unspecified atom stereocenters. The first kappa shape index (κ1) is 16.0. The average Bonchev–Trinajstić information content (AvgIpc) is 3.15. The summed E-state index contributed by atoms with van der Waals surface area (Å²) in [6.07, 6.45) is 3.91. The second-order valence-corrected chi connectivity index (χ2v) is 6.50. The minimum absolute atomic E-state index is 0.00806. The number of aliphatic hydroxyl groups is 1. The van der Waals surface area contributed by atoms with E-state index in [9.17, 15) is 14.7 Å². The topological polar surface area (TPSA) is 69.6 Å². The van der Waals surface area contributed by atoms with Gasteiger partial charge in [0, 0.05) is 13.6 Å². The number of thiophene rings is 1. The molecule has 1 aromatic rings. The van der Waals surface area contributed by atoms with Crippen molar-refractivity contribution in [2.24, 2.45) is 5.92 Å². The van der Waals surface area contributed by atoms with Crippen LogP contribution < -0.4 is 5.32 Å². The third-order valence-corrected chi connectivity index (χ3v) is 4.77. The fourth-order valence-corrected chi connectivity index (χ4v) is 3.38. The van der Waals surface area contributed by atoms with Crippen molar-refractivity contribution in [2.75, 3.05) is 20.1 Å². The van der Waals surface area contributed by atoms with Crippen LogP contribution in [0.2, 0.25) is 0 Å². The van der Waals surface area contributed by atoms with E-state index in [1.165, 1.54) is 16.2 Å². The first-order valence-corrected chi connectivity index (χ1v) is 8.19. The molecule has 0 spiro atoms. The van der Waals surface area contributed by atoms with Crippen molar-refractivity contribution in [2.45, 2.75) is 31.8 Å². The summed E-state index contributed by atoms with van der Waals surface area (Å²) in [6.45, 7) is 0.276. The number of rotatable bonds is 6. The maximum atomic E-state index is 12.0. The molecule has 0 aromatic carbocycles. The number of carbonyl (C=O) groups excluding carboxylic acids is 2. The van der Waals surface area contributed by atoms with Crippen molar-refractivity contribution >= 4 is 23.2 Å². The molecule has 1 aliphatic carbocycles. The second-order valence-electron chi connectivity index (χ2n) is 5.55. The summed E-state index contributed by atoms with van der Waals surface area (Å²) in [7, 11) is 1.61. The molecule has 0 aliphatic heterocycles. The average molecular weight is 310 g/mol. The Labute approximate surface area is 129 Å². The summed E-state index contributed by atoms with van der Waals surface area (Å²) in [4.78, 5) is 25.8. The van der Waals surface area contributed by atoms with E-state index in [1.54, 1.807) is 13.1 Å². The van der Waals surface area contributed by atoms with E-state index in [0.29, 0.717) is 10.8 Å². The smallest absolute Gasteiger partial charge is 0.264 e. The van der Waals surface area contributed by atoms with Crippen LogP contribution in [0.3, 0.4) is 0 Å². The predicted molar refractivity (Wildman–Crippen MR) is 82.3 cm³/mol. The van der Waals surface area contributed by atoms with Crippen LogP contribution in [0.4, 0.5) is 0 Å². The zero-order valence-corrected chi connectivity index (χ0v) is 13.1. The van der Waals surface area contributed by atoms with Gasteiger partial charge in [-0.3, -0.25) is 9.59 Å². The van der Waals surface area contributed by atoms with Gasteiger partial charge in [0.25, 0.3) is 5.91 Å². The summed E-state index contributed by atoms with van der Waals surface area (Å²) in [6, 6.07) is 3.55. The van der Waals surface area contributed by atoms with Crippen molar-refractivity contribution in [3.63, 3.8) is 0 Å². The van der Waals surface area contributed by atoms with Gasteiger partial charge in [0.05, 0.1) is 17.5 Å². The number of amides is 2. The Morgan fingerprint density at radius 3 is 2.81 bits per heavy atom. The highest BCUT2D eigenvalue weighted by Gasteiger charge is 2.23. The number of nitrogens with zero attached hydrogens (tertiary/aromatic N) is 1. The zero-order valence-electron chi connectivity index (χ0n) is 12.2. The van der Waals surface area contributed by atoms with E-state index < -0.39 is 6.10 Å². The van der Waals surface area contributed by atoms with Crippen molar-refractivity contribution in [3.8, 4) is 0 Å². The Morgan fingerprint density at radius 1 is 1.48 bits per heavy atom. The number of likely N-dealkylation sites (N-methyl/N-ethyl adjacent to an activating group) is 1. The fourth-order valence-electron chi connectivity index (χ4n) is 2.66. The van der Waals surface area contributed by atoms with Gasteiger partial charge < -0.3 is 15.3 Å². The van der Waals surface area contributed by atoms with Gasteiger partial charge >= 0.3 is 0 Å². The van der Waals surface area contributed by atoms with E-state index in [1.807, 2.05) is 11.4 Å². The molecule has 2 rings (SSSR count). The molecule has 21 heavy (non-hydrogen) atoms. The molecule has 5 nitrogen and oxygen atoms in total. The summed E-state index contributed by atoms with van der Waals surface area (Å²) >= 11 is 1.36. The van der Waals surface area contributed by atoms with Gasteiger partial charge in [-0.25, -0.2) is 0 Å². The molecule has 2 N–H and O–H groups in total. The highest BCUT2D eigenvalue weighted by molar-refractivity contribution is 7.12. The molecule has 0 saturated heterocycles. The van der Waals surface area contributed by atoms with Gasteiger partial charge in [-0.2, -0.15) is 0 Å². The van der Waals surface area contributed by atoms with Crippen LogP contribution in [0, 0.1) is 5.92 Å². The van der Waals surface area contributed by atoms with Crippen molar-refractivity contribution in [3.05, 3.63) is 22.4 Å². The molecule has 1 aromatic heterocycles. The highest BCUT2D eigenvalue weighted by atomic mass is 32.1. The molecule has 1 atom stereocenters. The minimum Gasteiger partial charge on any atom is -0.391 e. The number of carbonyl (C=O) groups is 2. The minimum atomic E-state index is -0.477. The molecule has 1 saturated carbocycles. The van der Waals surface area contributed by atoms with Crippen LogP contribution in [-0.4, -0.2) is 48.1 Å². The zero-order chi connectivity index (χ0) is 15.2. The van der Waals surface area contributed by atoms with Gasteiger partial charge in [-0.05, 0) is 30.2 Å². The van der Waals surface area contributed by atoms with Crippen LogP contribution in [0.25, 0.3) is 0 Å². The Hall–Kier alpha value is -1.40. The second kappa shape index (κ2) is 7.56. The molecule has 0 bridgehead atoms. The van der Waals surface area contributed by atoms with E-state index >= 15 is 0 Å². The first-order chi connectivity index (χ1) is 10.1. The molecular weight excluding hydrogens is 288 g/mol. The van der Waals surface area contributed by atoms with Crippen LogP contribution in [0.1, 0.15) is 35.4 Å². The van der Waals surface area contributed by atoms with Gasteiger partial charge in [0.1, 0.15) is 0 Å². The predicted octanol–water partition coefficient (Wildman–Crippen LogP) is 1.49. The van der Waals surface area contributed by atoms with Gasteiger partial charge in [-0.15, -0.1) is 11.3 Å². The lowest BCUT2D eigenvalue weighted by Crippen LogP contribution is -2.42. The maximum Gasteiger partial charge on any atom is 0.264 e. The van der Waals surface area contributed by atoms with Crippen molar-refractivity contribution < 1.29 is 14.7 Å². The third kappa shape index (κ3) is 4.54. The molecule has 1 heterocycles.